The average Bonchev–Trinajstić information content (AvgIpc) is 3.10. The maximum Gasteiger partial charge on any atom is 0.273 e. The van der Waals surface area contributed by atoms with E-state index >= 15 is 0 Å². The first-order valence-electron chi connectivity index (χ1n) is 7.25. The smallest absolute Gasteiger partial charge is 0.273 e. The molecule has 0 fully saturated rings. The number of hydrogen-bond donors (Lipinski definition) is 1. The number of benzene rings is 2. The highest BCUT2D eigenvalue weighted by molar-refractivity contribution is 7.98. The molecular formula is C17H15ClN4OS. The van der Waals surface area contributed by atoms with E-state index in [-0.39, 0.29) is 11.6 Å². The number of nitrogens with one attached hydrogen (secondary N) is 1. The summed E-state index contributed by atoms with van der Waals surface area (Å²) in [6.45, 7) is 0.442. The number of halogens is 1. The molecule has 5 nitrogen and oxygen atoms in total. The van der Waals surface area contributed by atoms with Crippen LogP contribution in [0.3, 0.4) is 0 Å². The Hall–Kier alpha value is -2.31. The normalized spacial score (nSPS) is 10.6. The second kappa shape index (κ2) is 7.51. The van der Waals surface area contributed by atoms with Crippen LogP contribution in [0.1, 0.15) is 16.1 Å². The fourth-order valence-corrected chi connectivity index (χ4v) is 2.72. The second-order valence-corrected chi connectivity index (χ2v) is 6.38. The molecule has 0 aliphatic rings. The molecule has 0 saturated heterocycles. The average molecular weight is 359 g/mol. The van der Waals surface area contributed by atoms with E-state index in [1.54, 1.807) is 30.1 Å². The van der Waals surface area contributed by atoms with E-state index in [0.717, 1.165) is 11.3 Å². The predicted molar refractivity (Wildman–Crippen MR) is 95.8 cm³/mol. The van der Waals surface area contributed by atoms with E-state index in [4.69, 9.17) is 11.6 Å². The van der Waals surface area contributed by atoms with Gasteiger partial charge in [-0.05, 0) is 42.2 Å². The van der Waals surface area contributed by atoms with Crippen molar-refractivity contribution in [2.24, 2.45) is 0 Å². The van der Waals surface area contributed by atoms with Crippen LogP contribution in [0.25, 0.3) is 5.69 Å². The quantitative estimate of drug-likeness (QED) is 0.708. The lowest BCUT2D eigenvalue weighted by Crippen LogP contribution is -2.23. The minimum absolute atomic E-state index is 0.260. The lowest BCUT2D eigenvalue weighted by molar-refractivity contribution is 0.0946. The summed E-state index contributed by atoms with van der Waals surface area (Å²) in [6, 6.07) is 15.2. The Morgan fingerprint density at radius 1 is 1.25 bits per heavy atom. The van der Waals surface area contributed by atoms with Gasteiger partial charge in [-0.25, -0.2) is 4.68 Å². The van der Waals surface area contributed by atoms with Gasteiger partial charge in [-0.3, -0.25) is 4.79 Å². The molecule has 2 aromatic carbocycles. The summed E-state index contributed by atoms with van der Waals surface area (Å²) in [7, 11) is 0. The molecule has 0 radical (unpaired) electrons. The molecule has 0 unspecified atom stereocenters. The van der Waals surface area contributed by atoms with Gasteiger partial charge >= 0.3 is 0 Å². The fraction of sp³-hybridized carbons (Fsp3) is 0.118. The summed E-state index contributed by atoms with van der Waals surface area (Å²) in [4.78, 5) is 13.4. The highest BCUT2D eigenvalue weighted by atomic mass is 35.5. The molecule has 24 heavy (non-hydrogen) atoms. The van der Waals surface area contributed by atoms with Crippen LogP contribution in [-0.4, -0.2) is 27.2 Å². The maximum absolute atomic E-state index is 12.2. The van der Waals surface area contributed by atoms with Gasteiger partial charge in [-0.15, -0.1) is 16.9 Å². The highest BCUT2D eigenvalue weighted by Crippen LogP contribution is 2.15. The van der Waals surface area contributed by atoms with Crippen LogP contribution < -0.4 is 5.32 Å². The third kappa shape index (κ3) is 3.96. The van der Waals surface area contributed by atoms with E-state index in [2.05, 4.69) is 15.6 Å². The first kappa shape index (κ1) is 16.5. The van der Waals surface area contributed by atoms with Crippen LogP contribution in [0.15, 0.2) is 59.6 Å². The van der Waals surface area contributed by atoms with Crippen molar-refractivity contribution in [1.82, 2.24) is 20.3 Å². The van der Waals surface area contributed by atoms with Gasteiger partial charge in [0, 0.05) is 16.5 Å². The van der Waals surface area contributed by atoms with Crippen molar-refractivity contribution in [2.45, 2.75) is 11.4 Å². The van der Waals surface area contributed by atoms with Crippen LogP contribution >= 0.6 is 23.4 Å². The standard InChI is InChI=1S/C17H15ClN4OS/c1-24-15-7-5-12(6-8-15)10-19-17(23)16-11-22(21-20-16)14-4-2-3-13(18)9-14/h2-9,11H,10H2,1H3,(H,19,23). The summed E-state index contributed by atoms with van der Waals surface area (Å²) in [5, 5.41) is 11.3. The number of nitrogens with zero attached hydrogens (tertiary/aromatic N) is 3. The molecule has 1 heterocycles. The summed E-state index contributed by atoms with van der Waals surface area (Å²) < 4.78 is 1.52. The third-order valence-electron chi connectivity index (χ3n) is 3.41. The van der Waals surface area contributed by atoms with E-state index in [0.29, 0.717) is 11.6 Å². The van der Waals surface area contributed by atoms with Crippen molar-refractivity contribution in [3.63, 3.8) is 0 Å². The van der Waals surface area contributed by atoms with E-state index in [9.17, 15) is 4.79 Å². The number of thioether (sulfide) groups is 1. The monoisotopic (exact) mass is 358 g/mol. The molecule has 0 spiro atoms. The van der Waals surface area contributed by atoms with Gasteiger partial charge in [0.1, 0.15) is 0 Å². The number of amides is 1. The number of carbonyl (C=O) groups is 1. The van der Waals surface area contributed by atoms with Crippen molar-refractivity contribution in [1.29, 1.82) is 0 Å². The van der Waals surface area contributed by atoms with Crippen molar-refractivity contribution in [2.75, 3.05) is 6.26 Å². The van der Waals surface area contributed by atoms with Gasteiger partial charge in [0.05, 0.1) is 11.9 Å². The lowest BCUT2D eigenvalue weighted by Gasteiger charge is -2.04. The van der Waals surface area contributed by atoms with Gasteiger partial charge < -0.3 is 5.32 Å². The molecule has 7 heteroatoms. The Balaban J connectivity index is 1.65. The zero-order valence-corrected chi connectivity index (χ0v) is 14.5. The topological polar surface area (TPSA) is 59.8 Å². The minimum Gasteiger partial charge on any atom is -0.347 e. The maximum atomic E-state index is 12.2. The van der Waals surface area contributed by atoms with Crippen molar-refractivity contribution < 1.29 is 4.79 Å². The number of hydrogen-bond acceptors (Lipinski definition) is 4. The SMILES string of the molecule is CSc1ccc(CNC(=O)c2cn(-c3cccc(Cl)c3)nn2)cc1. The summed E-state index contributed by atoms with van der Waals surface area (Å²) >= 11 is 7.64. The van der Waals surface area contributed by atoms with Crippen LogP contribution in [-0.2, 0) is 6.54 Å². The fourth-order valence-electron chi connectivity index (χ4n) is 2.13. The number of rotatable bonds is 5. The Bertz CT molecular complexity index is 848. The van der Waals surface area contributed by atoms with Crippen molar-refractivity contribution in [3.05, 3.63) is 71.0 Å². The van der Waals surface area contributed by atoms with Crippen LogP contribution in [0, 0.1) is 0 Å². The molecule has 0 saturated carbocycles. The van der Waals surface area contributed by atoms with E-state index < -0.39 is 0 Å². The van der Waals surface area contributed by atoms with Crippen LogP contribution in [0.2, 0.25) is 5.02 Å². The molecule has 0 aliphatic heterocycles. The minimum atomic E-state index is -0.266. The van der Waals surface area contributed by atoms with Crippen molar-refractivity contribution in [3.8, 4) is 5.69 Å². The molecule has 3 rings (SSSR count). The van der Waals surface area contributed by atoms with Crippen LogP contribution in [0.4, 0.5) is 0 Å². The third-order valence-corrected chi connectivity index (χ3v) is 4.39. The van der Waals surface area contributed by atoms with Crippen molar-refractivity contribution >= 4 is 29.3 Å². The predicted octanol–water partition coefficient (Wildman–Crippen LogP) is 3.57. The van der Waals surface area contributed by atoms with E-state index in [1.807, 2.05) is 42.7 Å². The Kier molecular flexibility index (Phi) is 5.17. The van der Waals surface area contributed by atoms with Gasteiger partial charge in [0.15, 0.2) is 5.69 Å². The van der Waals surface area contributed by atoms with E-state index in [1.165, 1.54) is 9.58 Å². The molecule has 1 aromatic heterocycles. The molecule has 0 bridgehead atoms. The zero-order valence-electron chi connectivity index (χ0n) is 12.9. The molecule has 3 aromatic rings. The first-order chi connectivity index (χ1) is 11.7. The molecule has 1 amide bonds. The lowest BCUT2D eigenvalue weighted by atomic mass is 10.2. The van der Waals surface area contributed by atoms with Gasteiger partial charge in [0.25, 0.3) is 5.91 Å². The van der Waals surface area contributed by atoms with Gasteiger partial charge in [-0.1, -0.05) is 35.0 Å². The van der Waals surface area contributed by atoms with Gasteiger partial charge in [-0.2, -0.15) is 0 Å². The highest BCUT2D eigenvalue weighted by Gasteiger charge is 2.11. The summed E-state index contributed by atoms with van der Waals surface area (Å²) in [5.74, 6) is -0.266. The summed E-state index contributed by atoms with van der Waals surface area (Å²) in [6.07, 6.45) is 3.61. The molecule has 0 aliphatic carbocycles. The Morgan fingerprint density at radius 3 is 2.75 bits per heavy atom. The summed E-state index contributed by atoms with van der Waals surface area (Å²) in [5.41, 5.74) is 2.04. The van der Waals surface area contributed by atoms with Crippen LogP contribution in [0.5, 0.6) is 0 Å². The molecule has 1 N–H and O–H groups in total. The molecular weight excluding hydrogens is 344 g/mol. The number of aromatic nitrogens is 3. The Morgan fingerprint density at radius 2 is 2.04 bits per heavy atom. The largest absolute Gasteiger partial charge is 0.347 e. The Labute approximate surface area is 149 Å². The molecule has 0 atom stereocenters. The van der Waals surface area contributed by atoms with Gasteiger partial charge in [0.2, 0.25) is 0 Å². The first-order valence-corrected chi connectivity index (χ1v) is 8.85. The molecule has 122 valence electrons. The number of carbonyl (C=O) groups excluding carboxylic acids is 1. The second-order valence-electron chi connectivity index (χ2n) is 5.06. The zero-order chi connectivity index (χ0) is 16.9.